The molecular formula is C17H21N5O3. The van der Waals surface area contributed by atoms with Crippen molar-refractivity contribution in [1.29, 1.82) is 0 Å². The number of likely N-dealkylation sites (tertiary alicyclic amines) is 1. The summed E-state index contributed by atoms with van der Waals surface area (Å²) in [5.74, 6) is 1.11. The molecule has 1 aromatic heterocycles. The Labute approximate surface area is 145 Å². The third-order valence-corrected chi connectivity index (χ3v) is 4.21. The fourth-order valence-electron chi connectivity index (χ4n) is 2.70. The molecule has 0 atom stereocenters. The van der Waals surface area contributed by atoms with Crippen LogP contribution < -0.4 is 4.74 Å². The average Bonchev–Trinajstić information content (AvgIpc) is 3.01. The number of hydrogen-bond donors (Lipinski definition) is 0. The molecule has 0 aliphatic carbocycles. The largest absolute Gasteiger partial charge is 0.483 e. The monoisotopic (exact) mass is 343 g/mol. The molecule has 25 heavy (non-hydrogen) atoms. The lowest BCUT2D eigenvalue weighted by atomic mass is 10.1. The quantitative estimate of drug-likeness (QED) is 0.348. The maximum Gasteiger partial charge on any atom is 0.342 e. The van der Waals surface area contributed by atoms with Crippen LogP contribution in [0.3, 0.4) is 0 Å². The Kier molecular flexibility index (Phi) is 5.27. The van der Waals surface area contributed by atoms with Gasteiger partial charge in [0, 0.05) is 13.1 Å². The van der Waals surface area contributed by atoms with E-state index in [4.69, 9.17) is 4.74 Å². The predicted octanol–water partition coefficient (Wildman–Crippen LogP) is 3.05. The van der Waals surface area contributed by atoms with Crippen LogP contribution in [0.2, 0.25) is 0 Å². The van der Waals surface area contributed by atoms with E-state index in [-0.39, 0.29) is 12.4 Å². The van der Waals surface area contributed by atoms with Crippen LogP contribution in [0.5, 0.6) is 5.75 Å². The fraction of sp³-hybridized carbons (Fsp3) is 0.412. The van der Waals surface area contributed by atoms with Gasteiger partial charge in [0.05, 0.1) is 19.1 Å². The van der Waals surface area contributed by atoms with E-state index in [1.807, 2.05) is 30.6 Å². The molecule has 2 aromatic rings. The summed E-state index contributed by atoms with van der Waals surface area (Å²) < 4.78 is 7.06. The Hall–Kier alpha value is -2.90. The van der Waals surface area contributed by atoms with Crippen LogP contribution in [-0.2, 0) is 13.7 Å². The number of nitrogens with zero attached hydrogens (tertiary/aromatic N) is 5. The molecule has 0 radical (unpaired) electrons. The molecule has 8 heteroatoms. The van der Waals surface area contributed by atoms with Gasteiger partial charge in [-0.3, -0.25) is 0 Å². The van der Waals surface area contributed by atoms with Crippen LogP contribution in [0.15, 0.2) is 35.5 Å². The smallest absolute Gasteiger partial charge is 0.342 e. The Morgan fingerprint density at radius 2 is 2.00 bits per heavy atom. The number of nitro groups is 1. The highest BCUT2D eigenvalue weighted by Gasteiger charge is 2.16. The number of piperidine rings is 1. The summed E-state index contributed by atoms with van der Waals surface area (Å²) in [6.07, 6.45) is 6.89. The van der Waals surface area contributed by atoms with Gasteiger partial charge in [-0.15, -0.1) is 0 Å². The second-order valence-corrected chi connectivity index (χ2v) is 5.97. The van der Waals surface area contributed by atoms with Crippen molar-refractivity contribution >= 4 is 17.8 Å². The summed E-state index contributed by atoms with van der Waals surface area (Å²) in [6, 6.07) is 7.44. The lowest BCUT2D eigenvalue weighted by Gasteiger charge is -2.23. The summed E-state index contributed by atoms with van der Waals surface area (Å²) in [7, 11) is 1.60. The molecule has 3 rings (SSSR count). The lowest BCUT2D eigenvalue weighted by Crippen LogP contribution is -2.27. The number of benzene rings is 1. The summed E-state index contributed by atoms with van der Waals surface area (Å²) in [5, 5.41) is 10.8. The topological polar surface area (TPSA) is 85.8 Å². The standard InChI is InChI=1S/C17H21N5O3/c1-20-16(18-11-17(20)22(23)24)12-25-15-7-5-14(6-8-15)19-13-21-9-3-2-4-10-21/h5-8,11,13H,2-4,9-10,12H2,1H3/b19-13+. The van der Waals surface area contributed by atoms with Gasteiger partial charge in [-0.25, -0.2) is 14.5 Å². The molecule has 132 valence electrons. The van der Waals surface area contributed by atoms with Gasteiger partial charge >= 0.3 is 5.82 Å². The van der Waals surface area contributed by atoms with Crippen molar-refractivity contribution in [3.63, 3.8) is 0 Å². The minimum absolute atomic E-state index is 0.0546. The molecule has 0 amide bonds. The third kappa shape index (κ3) is 4.34. The Bertz CT molecular complexity index is 748. The van der Waals surface area contributed by atoms with Crippen molar-refractivity contribution < 1.29 is 9.66 Å². The minimum atomic E-state index is -0.467. The van der Waals surface area contributed by atoms with E-state index in [9.17, 15) is 10.1 Å². The summed E-state index contributed by atoms with van der Waals surface area (Å²) >= 11 is 0. The van der Waals surface area contributed by atoms with Crippen molar-refractivity contribution in [2.75, 3.05) is 13.1 Å². The van der Waals surface area contributed by atoms with Crippen molar-refractivity contribution in [1.82, 2.24) is 14.5 Å². The van der Waals surface area contributed by atoms with Gasteiger partial charge in [0.2, 0.25) is 5.82 Å². The predicted molar refractivity (Wildman–Crippen MR) is 94.2 cm³/mol. The third-order valence-electron chi connectivity index (χ3n) is 4.21. The molecule has 8 nitrogen and oxygen atoms in total. The van der Waals surface area contributed by atoms with Crippen LogP contribution in [0.1, 0.15) is 25.1 Å². The maximum atomic E-state index is 10.8. The highest BCUT2D eigenvalue weighted by Crippen LogP contribution is 2.20. The summed E-state index contributed by atoms with van der Waals surface area (Å²) in [4.78, 5) is 21.1. The molecule has 1 saturated heterocycles. The maximum absolute atomic E-state index is 10.8. The van der Waals surface area contributed by atoms with Crippen molar-refractivity contribution in [3.05, 3.63) is 46.4 Å². The van der Waals surface area contributed by atoms with Crippen LogP contribution in [0.4, 0.5) is 11.5 Å². The van der Waals surface area contributed by atoms with E-state index in [0.29, 0.717) is 11.6 Å². The second-order valence-electron chi connectivity index (χ2n) is 5.97. The van der Waals surface area contributed by atoms with Gasteiger partial charge in [0.1, 0.15) is 11.9 Å². The van der Waals surface area contributed by atoms with Crippen LogP contribution in [0, 0.1) is 10.1 Å². The minimum Gasteiger partial charge on any atom is -0.483 e. The highest BCUT2D eigenvalue weighted by molar-refractivity contribution is 5.61. The molecule has 1 fully saturated rings. The van der Waals surface area contributed by atoms with Crippen molar-refractivity contribution in [2.45, 2.75) is 25.9 Å². The zero-order valence-corrected chi connectivity index (χ0v) is 14.2. The number of rotatable bonds is 6. The number of hydrogen-bond acceptors (Lipinski definition) is 5. The van der Waals surface area contributed by atoms with Gasteiger partial charge in [-0.1, -0.05) is 0 Å². The van der Waals surface area contributed by atoms with Crippen LogP contribution in [-0.4, -0.2) is 38.8 Å². The second kappa shape index (κ2) is 7.78. The lowest BCUT2D eigenvalue weighted by molar-refractivity contribution is -0.391. The van der Waals surface area contributed by atoms with E-state index in [0.717, 1.165) is 18.8 Å². The normalized spacial score (nSPS) is 14.8. The first-order valence-corrected chi connectivity index (χ1v) is 8.29. The van der Waals surface area contributed by atoms with Crippen LogP contribution >= 0.6 is 0 Å². The van der Waals surface area contributed by atoms with Crippen molar-refractivity contribution in [3.8, 4) is 5.75 Å². The van der Waals surface area contributed by atoms with Gasteiger partial charge in [-0.05, 0) is 48.5 Å². The Balaban J connectivity index is 1.55. The molecule has 0 spiro atoms. The van der Waals surface area contributed by atoms with Crippen LogP contribution in [0.25, 0.3) is 0 Å². The molecule has 0 unspecified atom stereocenters. The molecule has 2 heterocycles. The zero-order valence-electron chi connectivity index (χ0n) is 14.2. The van der Waals surface area contributed by atoms with Gasteiger partial charge < -0.3 is 19.8 Å². The van der Waals surface area contributed by atoms with E-state index in [2.05, 4.69) is 14.9 Å². The molecular weight excluding hydrogens is 322 g/mol. The number of aromatic nitrogens is 2. The highest BCUT2D eigenvalue weighted by atomic mass is 16.6. The Morgan fingerprint density at radius 1 is 1.28 bits per heavy atom. The van der Waals surface area contributed by atoms with Gasteiger partial charge in [-0.2, -0.15) is 0 Å². The average molecular weight is 343 g/mol. The number of imidazole rings is 1. The summed E-state index contributed by atoms with van der Waals surface area (Å²) in [6.45, 7) is 2.31. The first kappa shape index (κ1) is 16.9. The molecule has 0 saturated carbocycles. The molecule has 0 N–H and O–H groups in total. The van der Waals surface area contributed by atoms with Crippen molar-refractivity contribution in [2.24, 2.45) is 12.0 Å². The number of aliphatic imine (C=N–C) groups is 1. The van der Waals surface area contributed by atoms with Gasteiger partial charge in [0.25, 0.3) is 0 Å². The molecule has 0 bridgehead atoms. The first-order chi connectivity index (χ1) is 12.1. The molecule has 1 aliphatic rings. The van der Waals surface area contributed by atoms with E-state index in [1.54, 1.807) is 7.05 Å². The SMILES string of the molecule is Cn1c([N+](=O)[O-])cnc1COc1ccc(/N=C/N2CCCCC2)cc1. The molecule has 1 aliphatic heterocycles. The first-order valence-electron chi connectivity index (χ1n) is 8.29. The van der Waals surface area contributed by atoms with E-state index < -0.39 is 4.92 Å². The number of ether oxygens (including phenoxy) is 1. The molecule has 1 aromatic carbocycles. The Morgan fingerprint density at radius 3 is 2.64 bits per heavy atom. The fourth-order valence-corrected chi connectivity index (χ4v) is 2.70. The summed E-state index contributed by atoms with van der Waals surface area (Å²) in [5.41, 5.74) is 0.866. The van der Waals surface area contributed by atoms with E-state index in [1.165, 1.54) is 30.0 Å². The van der Waals surface area contributed by atoms with Gasteiger partial charge in [0.15, 0.2) is 6.61 Å². The zero-order chi connectivity index (χ0) is 17.6. The van der Waals surface area contributed by atoms with E-state index >= 15 is 0 Å².